The first kappa shape index (κ1) is 18.9. The van der Waals surface area contributed by atoms with Crippen molar-refractivity contribution in [1.29, 1.82) is 0 Å². The van der Waals surface area contributed by atoms with Gasteiger partial charge in [-0.1, -0.05) is 38.1 Å². The molecule has 4 heteroatoms. The fraction of sp³-hybridized carbons (Fsp3) is 0.650. The van der Waals surface area contributed by atoms with Crippen molar-refractivity contribution in [2.24, 2.45) is 5.92 Å². The van der Waals surface area contributed by atoms with Gasteiger partial charge in [0.1, 0.15) is 5.60 Å². The van der Waals surface area contributed by atoms with Crippen molar-refractivity contribution in [2.45, 2.75) is 65.1 Å². The number of rotatable bonds is 6. The first-order valence-electron chi connectivity index (χ1n) is 9.07. The van der Waals surface area contributed by atoms with Crippen LogP contribution in [0.2, 0.25) is 0 Å². The standard InChI is InChI=1S/C20H32N2O2/c1-15(2)12-16-7-9-17(10-8-16)13-22-11-5-6-18(14-22)21-19(23)20(3,4)24/h7-10,15,18,24H,5-6,11-14H2,1-4H3,(H,21,23)/t18-/m1/s1. The second kappa shape index (κ2) is 8.13. The minimum atomic E-state index is -1.31. The molecule has 2 rings (SSSR count). The molecule has 1 heterocycles. The van der Waals surface area contributed by atoms with Crippen molar-refractivity contribution in [2.75, 3.05) is 13.1 Å². The Bertz CT molecular complexity index is 532. The Morgan fingerprint density at radius 2 is 1.92 bits per heavy atom. The van der Waals surface area contributed by atoms with Gasteiger partial charge in [-0.3, -0.25) is 9.69 Å². The average Bonchev–Trinajstić information content (AvgIpc) is 2.48. The molecule has 1 atom stereocenters. The van der Waals surface area contributed by atoms with Gasteiger partial charge in [-0.25, -0.2) is 0 Å². The number of benzene rings is 1. The quantitative estimate of drug-likeness (QED) is 0.842. The summed E-state index contributed by atoms with van der Waals surface area (Å²) in [4.78, 5) is 14.3. The molecule has 0 unspecified atom stereocenters. The number of piperidine rings is 1. The lowest BCUT2D eigenvalue weighted by atomic mass is 10.0. The van der Waals surface area contributed by atoms with Crippen molar-refractivity contribution in [3.63, 3.8) is 0 Å². The van der Waals surface area contributed by atoms with E-state index in [1.165, 1.54) is 25.0 Å². The number of nitrogens with zero attached hydrogens (tertiary/aromatic N) is 1. The molecule has 1 aromatic rings. The van der Waals surface area contributed by atoms with Crippen LogP contribution in [0.4, 0.5) is 0 Å². The Kier molecular flexibility index (Phi) is 6.41. The predicted octanol–water partition coefficient (Wildman–Crippen LogP) is 2.74. The highest BCUT2D eigenvalue weighted by Crippen LogP contribution is 2.16. The molecule has 1 aliphatic heterocycles. The summed E-state index contributed by atoms with van der Waals surface area (Å²) in [7, 11) is 0. The number of hydrogen-bond acceptors (Lipinski definition) is 3. The van der Waals surface area contributed by atoms with Crippen molar-refractivity contribution in [3.05, 3.63) is 35.4 Å². The summed E-state index contributed by atoms with van der Waals surface area (Å²) in [5.41, 5.74) is 1.40. The Morgan fingerprint density at radius 3 is 2.50 bits per heavy atom. The van der Waals surface area contributed by atoms with Crippen molar-refractivity contribution >= 4 is 5.91 Å². The van der Waals surface area contributed by atoms with E-state index in [4.69, 9.17) is 0 Å². The average molecular weight is 332 g/mol. The molecule has 1 amide bonds. The number of carbonyl (C=O) groups excluding carboxylic acids is 1. The molecule has 0 radical (unpaired) electrons. The summed E-state index contributed by atoms with van der Waals surface area (Å²) in [6.45, 7) is 10.4. The van der Waals surface area contributed by atoms with E-state index in [0.29, 0.717) is 5.92 Å². The largest absolute Gasteiger partial charge is 0.381 e. The van der Waals surface area contributed by atoms with Gasteiger partial charge < -0.3 is 10.4 Å². The Balaban J connectivity index is 1.87. The van der Waals surface area contributed by atoms with E-state index in [2.05, 4.69) is 48.3 Å². The lowest BCUT2D eigenvalue weighted by molar-refractivity contribution is -0.137. The molecule has 0 aromatic heterocycles. The van der Waals surface area contributed by atoms with Crippen LogP contribution in [0.5, 0.6) is 0 Å². The maximum atomic E-state index is 11.9. The molecule has 4 nitrogen and oxygen atoms in total. The molecule has 1 fully saturated rings. The molecule has 0 spiro atoms. The summed E-state index contributed by atoms with van der Waals surface area (Å²) in [6.07, 6.45) is 3.17. The Hall–Kier alpha value is -1.39. The SMILES string of the molecule is CC(C)Cc1ccc(CN2CCC[C@@H](NC(=O)C(C)(C)O)C2)cc1. The summed E-state index contributed by atoms with van der Waals surface area (Å²) in [6, 6.07) is 9.02. The predicted molar refractivity (Wildman–Crippen MR) is 97.7 cm³/mol. The number of carbonyl (C=O) groups is 1. The van der Waals surface area contributed by atoms with Crippen LogP contribution in [-0.2, 0) is 17.8 Å². The van der Waals surface area contributed by atoms with Crippen LogP contribution in [0.25, 0.3) is 0 Å². The minimum Gasteiger partial charge on any atom is -0.381 e. The molecule has 24 heavy (non-hydrogen) atoms. The minimum absolute atomic E-state index is 0.123. The molecule has 2 N–H and O–H groups in total. The molecular formula is C20H32N2O2. The first-order valence-corrected chi connectivity index (χ1v) is 9.07. The van der Waals surface area contributed by atoms with Gasteiger partial charge in [0.2, 0.25) is 0 Å². The third-order valence-electron chi connectivity index (χ3n) is 4.47. The number of hydrogen-bond donors (Lipinski definition) is 2. The Labute approximate surface area is 146 Å². The third-order valence-corrected chi connectivity index (χ3v) is 4.47. The molecule has 0 bridgehead atoms. The second-order valence-electron chi connectivity index (χ2n) is 8.02. The van der Waals surface area contributed by atoms with E-state index in [0.717, 1.165) is 38.9 Å². The number of amides is 1. The van der Waals surface area contributed by atoms with Gasteiger partial charge in [-0.15, -0.1) is 0 Å². The fourth-order valence-corrected chi connectivity index (χ4v) is 3.19. The first-order chi connectivity index (χ1) is 11.2. The van der Waals surface area contributed by atoms with Crippen LogP contribution in [0.1, 0.15) is 51.7 Å². The van der Waals surface area contributed by atoms with Gasteiger partial charge in [0.15, 0.2) is 0 Å². The normalized spacial score (nSPS) is 19.5. The third kappa shape index (κ3) is 5.91. The summed E-state index contributed by atoms with van der Waals surface area (Å²) < 4.78 is 0. The van der Waals surface area contributed by atoms with Gasteiger partial charge in [0.25, 0.3) is 5.91 Å². The van der Waals surface area contributed by atoms with Crippen LogP contribution in [-0.4, -0.2) is 40.6 Å². The highest BCUT2D eigenvalue weighted by Gasteiger charge is 2.28. The van der Waals surface area contributed by atoms with Crippen molar-refractivity contribution < 1.29 is 9.90 Å². The summed E-state index contributed by atoms with van der Waals surface area (Å²) in [5.74, 6) is 0.394. The zero-order chi connectivity index (χ0) is 17.7. The van der Waals surface area contributed by atoms with Crippen LogP contribution in [0, 0.1) is 5.92 Å². The number of nitrogens with one attached hydrogen (secondary N) is 1. The van der Waals surface area contributed by atoms with E-state index in [1.54, 1.807) is 0 Å². The lowest BCUT2D eigenvalue weighted by Gasteiger charge is -2.34. The van der Waals surface area contributed by atoms with Crippen molar-refractivity contribution in [1.82, 2.24) is 10.2 Å². The topological polar surface area (TPSA) is 52.6 Å². The molecule has 0 aliphatic carbocycles. The van der Waals surface area contributed by atoms with Gasteiger partial charge in [0.05, 0.1) is 0 Å². The summed E-state index contributed by atoms with van der Waals surface area (Å²) >= 11 is 0. The van der Waals surface area contributed by atoms with Gasteiger partial charge in [0, 0.05) is 19.1 Å². The molecule has 0 saturated carbocycles. The second-order valence-corrected chi connectivity index (χ2v) is 8.02. The van der Waals surface area contributed by atoms with Crippen LogP contribution in [0.15, 0.2) is 24.3 Å². The maximum absolute atomic E-state index is 11.9. The van der Waals surface area contributed by atoms with Gasteiger partial charge in [-0.2, -0.15) is 0 Å². The van der Waals surface area contributed by atoms with Crippen LogP contribution >= 0.6 is 0 Å². The van der Waals surface area contributed by atoms with Gasteiger partial charge >= 0.3 is 0 Å². The molecule has 1 aliphatic rings. The van der Waals surface area contributed by atoms with E-state index >= 15 is 0 Å². The zero-order valence-corrected chi connectivity index (χ0v) is 15.5. The van der Waals surface area contributed by atoms with Crippen LogP contribution in [0.3, 0.4) is 0 Å². The monoisotopic (exact) mass is 332 g/mol. The fourth-order valence-electron chi connectivity index (χ4n) is 3.19. The maximum Gasteiger partial charge on any atom is 0.251 e. The molecular weight excluding hydrogens is 300 g/mol. The molecule has 134 valence electrons. The summed E-state index contributed by atoms with van der Waals surface area (Å²) in [5, 5.41) is 12.8. The lowest BCUT2D eigenvalue weighted by Crippen LogP contribution is -2.52. The Morgan fingerprint density at radius 1 is 1.29 bits per heavy atom. The van der Waals surface area contributed by atoms with Gasteiger partial charge in [-0.05, 0) is 56.7 Å². The molecule has 1 saturated heterocycles. The number of likely N-dealkylation sites (tertiary alicyclic amines) is 1. The van der Waals surface area contributed by atoms with E-state index < -0.39 is 5.60 Å². The highest BCUT2D eigenvalue weighted by atomic mass is 16.3. The van der Waals surface area contributed by atoms with E-state index in [9.17, 15) is 9.90 Å². The highest BCUT2D eigenvalue weighted by molar-refractivity contribution is 5.84. The zero-order valence-electron chi connectivity index (χ0n) is 15.5. The van der Waals surface area contributed by atoms with E-state index in [1.807, 2.05) is 0 Å². The van der Waals surface area contributed by atoms with Crippen molar-refractivity contribution in [3.8, 4) is 0 Å². The van der Waals surface area contributed by atoms with Crippen LogP contribution < -0.4 is 5.32 Å². The molecule has 1 aromatic carbocycles. The van der Waals surface area contributed by atoms with E-state index in [-0.39, 0.29) is 11.9 Å². The smallest absolute Gasteiger partial charge is 0.251 e. The number of aliphatic hydroxyl groups is 1.